The van der Waals surface area contributed by atoms with Gasteiger partial charge in [0.2, 0.25) is 5.91 Å². The summed E-state index contributed by atoms with van der Waals surface area (Å²) in [6.45, 7) is 3.67. The van der Waals surface area contributed by atoms with E-state index in [0.717, 1.165) is 103 Å². The van der Waals surface area contributed by atoms with Gasteiger partial charge in [-0.25, -0.2) is 0 Å². The number of aliphatic hydroxyl groups excluding tert-OH is 5. The molecule has 0 radical (unpaired) electrons. The number of hydrogen-bond donors (Lipinski definition) is 6. The maximum atomic E-state index is 13.1. The van der Waals surface area contributed by atoms with Gasteiger partial charge in [-0.15, -0.1) is 0 Å². The van der Waals surface area contributed by atoms with Gasteiger partial charge in [-0.1, -0.05) is 259 Å². The molecule has 6 N–H and O–H groups in total. The van der Waals surface area contributed by atoms with Crippen LogP contribution in [-0.2, 0) is 14.3 Å². The molecule has 9 heteroatoms. The molecule has 0 aromatic rings. The van der Waals surface area contributed by atoms with Crippen LogP contribution in [0.15, 0.2) is 97.2 Å². The van der Waals surface area contributed by atoms with Crippen LogP contribution in [0, 0.1) is 0 Å². The number of amides is 1. The molecular weight excluding hydrogens is 911 g/mol. The highest BCUT2D eigenvalue weighted by Gasteiger charge is 2.44. The van der Waals surface area contributed by atoms with Gasteiger partial charge < -0.3 is 40.3 Å². The van der Waals surface area contributed by atoms with Crippen molar-refractivity contribution in [2.45, 2.75) is 288 Å². The normalized spacial score (nSPS) is 19.8. The van der Waals surface area contributed by atoms with Crippen molar-refractivity contribution in [2.24, 2.45) is 0 Å². The Morgan fingerprint density at radius 3 is 1.26 bits per heavy atom. The Morgan fingerprint density at radius 2 is 0.849 bits per heavy atom. The summed E-state index contributed by atoms with van der Waals surface area (Å²) >= 11 is 0. The summed E-state index contributed by atoms with van der Waals surface area (Å²) < 4.78 is 11.3. The molecule has 420 valence electrons. The van der Waals surface area contributed by atoms with E-state index in [4.69, 9.17) is 9.47 Å². The minimum absolute atomic E-state index is 0.198. The van der Waals surface area contributed by atoms with E-state index in [1.165, 1.54) is 122 Å². The first-order valence-electron chi connectivity index (χ1n) is 30.0. The number of aliphatic hydroxyl groups is 5. The molecule has 7 unspecified atom stereocenters. The van der Waals surface area contributed by atoms with E-state index in [1.54, 1.807) is 6.08 Å². The lowest BCUT2D eigenvalue weighted by Crippen LogP contribution is -2.60. The second kappa shape index (κ2) is 52.5. The average Bonchev–Trinajstić information content (AvgIpc) is 3.39. The number of hydrogen-bond acceptors (Lipinski definition) is 8. The largest absolute Gasteiger partial charge is 0.394 e. The van der Waals surface area contributed by atoms with Crippen molar-refractivity contribution in [3.05, 3.63) is 97.2 Å². The van der Waals surface area contributed by atoms with Gasteiger partial charge in [0, 0.05) is 6.42 Å². The summed E-state index contributed by atoms with van der Waals surface area (Å²) in [6.07, 6.45) is 68.9. The van der Waals surface area contributed by atoms with Gasteiger partial charge in [0.05, 0.1) is 25.4 Å². The third kappa shape index (κ3) is 42.0. The topological polar surface area (TPSA) is 149 Å². The van der Waals surface area contributed by atoms with Crippen LogP contribution in [-0.4, -0.2) is 87.5 Å². The van der Waals surface area contributed by atoms with Crippen molar-refractivity contribution in [1.29, 1.82) is 0 Å². The van der Waals surface area contributed by atoms with Crippen LogP contribution in [0.25, 0.3) is 0 Å². The van der Waals surface area contributed by atoms with Crippen molar-refractivity contribution in [1.82, 2.24) is 5.32 Å². The number of ether oxygens (including phenoxy) is 2. The van der Waals surface area contributed by atoms with Gasteiger partial charge in [-0.05, 0) is 77.0 Å². The molecule has 0 saturated carbocycles. The first-order chi connectivity index (χ1) is 35.8. The zero-order valence-corrected chi connectivity index (χ0v) is 46.6. The van der Waals surface area contributed by atoms with Gasteiger partial charge >= 0.3 is 0 Å². The molecule has 1 saturated heterocycles. The van der Waals surface area contributed by atoms with E-state index in [0.29, 0.717) is 6.42 Å². The predicted octanol–water partition coefficient (Wildman–Crippen LogP) is 15.2. The van der Waals surface area contributed by atoms with Crippen LogP contribution in [0.5, 0.6) is 0 Å². The molecule has 1 aliphatic heterocycles. The van der Waals surface area contributed by atoms with Gasteiger partial charge in [0.15, 0.2) is 6.29 Å². The fourth-order valence-corrected chi connectivity index (χ4v) is 8.96. The Labute approximate surface area is 447 Å². The molecule has 0 aliphatic carbocycles. The Morgan fingerprint density at radius 1 is 0.479 bits per heavy atom. The van der Waals surface area contributed by atoms with E-state index in [9.17, 15) is 30.3 Å². The van der Waals surface area contributed by atoms with Crippen molar-refractivity contribution >= 4 is 5.91 Å². The molecule has 73 heavy (non-hydrogen) atoms. The van der Waals surface area contributed by atoms with E-state index in [2.05, 4.69) is 104 Å². The number of nitrogens with one attached hydrogen (secondary N) is 1. The Hall–Kier alpha value is -2.89. The lowest BCUT2D eigenvalue weighted by Gasteiger charge is -2.40. The molecule has 1 heterocycles. The van der Waals surface area contributed by atoms with Crippen molar-refractivity contribution in [3.8, 4) is 0 Å². The van der Waals surface area contributed by atoms with Crippen LogP contribution < -0.4 is 5.32 Å². The number of rotatable bonds is 50. The highest BCUT2D eigenvalue weighted by atomic mass is 16.7. The molecule has 0 bridgehead atoms. The molecule has 1 fully saturated rings. The van der Waals surface area contributed by atoms with Crippen molar-refractivity contribution < 1.29 is 39.8 Å². The first kappa shape index (κ1) is 68.1. The zero-order chi connectivity index (χ0) is 52.9. The van der Waals surface area contributed by atoms with Crippen LogP contribution in [0.1, 0.15) is 245 Å². The van der Waals surface area contributed by atoms with Crippen LogP contribution in [0.2, 0.25) is 0 Å². The summed E-state index contributed by atoms with van der Waals surface area (Å²) in [4.78, 5) is 13.1. The Bertz CT molecular complexity index is 1460. The van der Waals surface area contributed by atoms with Gasteiger partial charge in [0.25, 0.3) is 0 Å². The minimum Gasteiger partial charge on any atom is -0.394 e. The van der Waals surface area contributed by atoms with Gasteiger partial charge in [-0.3, -0.25) is 4.79 Å². The molecule has 1 rings (SSSR count). The average molecular weight is 1020 g/mol. The third-order valence-corrected chi connectivity index (χ3v) is 13.7. The van der Waals surface area contributed by atoms with Crippen LogP contribution in [0.3, 0.4) is 0 Å². The first-order valence-corrected chi connectivity index (χ1v) is 30.0. The fourth-order valence-electron chi connectivity index (χ4n) is 8.96. The molecular formula is C64H111NO8. The number of carbonyl (C=O) groups is 1. The summed E-state index contributed by atoms with van der Waals surface area (Å²) in [6, 6.07) is -0.824. The Balaban J connectivity index is 2.26. The summed E-state index contributed by atoms with van der Waals surface area (Å²) in [5.74, 6) is -0.198. The quantitative estimate of drug-likeness (QED) is 0.0261. The molecule has 0 aromatic heterocycles. The zero-order valence-electron chi connectivity index (χ0n) is 46.6. The SMILES string of the molecule is CC/C=C\C/C=C\C/C=C\C/C=C\C/C=C\C/C=C\C/C=C\CCCCCCCC(=O)NC(COC1OC(CO)C(O)C(O)C1O)C(O)/C=C/CCCCCCCCCCCCCCCCCCCCCCC. The predicted molar refractivity (Wildman–Crippen MR) is 308 cm³/mol. The maximum absolute atomic E-state index is 13.1. The van der Waals surface area contributed by atoms with Gasteiger partial charge in [0.1, 0.15) is 24.4 Å². The highest BCUT2D eigenvalue weighted by Crippen LogP contribution is 2.23. The van der Waals surface area contributed by atoms with Crippen molar-refractivity contribution in [2.75, 3.05) is 13.2 Å². The van der Waals surface area contributed by atoms with E-state index < -0.39 is 49.5 Å². The number of carbonyl (C=O) groups excluding carboxylic acids is 1. The standard InChI is InChI=1S/C64H111NO8/c1-3-5-7-9-11-13-15-17-19-21-23-25-27-28-29-30-32-34-36-38-40-42-44-46-48-50-52-54-60(68)65-57(56-72-64-63(71)62(70)61(69)59(55-66)73-64)58(67)53-51-49-47-45-43-41-39-37-35-33-31-26-24-22-20-18-16-14-12-10-8-6-4-2/h5,7,11,13,17,19,23,25,28-29,32,34,38,40,51,53,57-59,61-64,66-67,69-71H,3-4,6,8-10,12,14-16,18,20-22,24,26-27,30-31,33,35-37,39,41-50,52,54-56H2,1-2H3,(H,65,68)/b7-5-,13-11-,19-17-,25-23-,29-28-,34-32-,40-38-,53-51+. The van der Waals surface area contributed by atoms with Crippen LogP contribution in [0.4, 0.5) is 0 Å². The minimum atomic E-state index is -1.58. The molecule has 7 atom stereocenters. The summed E-state index contributed by atoms with van der Waals surface area (Å²) in [5, 5.41) is 54.6. The smallest absolute Gasteiger partial charge is 0.220 e. The second-order valence-corrected chi connectivity index (χ2v) is 20.4. The lowest BCUT2D eigenvalue weighted by molar-refractivity contribution is -0.302. The van der Waals surface area contributed by atoms with Gasteiger partial charge in [-0.2, -0.15) is 0 Å². The van der Waals surface area contributed by atoms with E-state index in [1.807, 2.05) is 6.08 Å². The van der Waals surface area contributed by atoms with Crippen LogP contribution >= 0.6 is 0 Å². The molecule has 0 spiro atoms. The lowest BCUT2D eigenvalue weighted by atomic mass is 9.99. The van der Waals surface area contributed by atoms with E-state index in [-0.39, 0.29) is 12.5 Å². The van der Waals surface area contributed by atoms with E-state index >= 15 is 0 Å². The molecule has 1 amide bonds. The summed E-state index contributed by atoms with van der Waals surface area (Å²) in [7, 11) is 0. The second-order valence-electron chi connectivity index (χ2n) is 20.4. The maximum Gasteiger partial charge on any atom is 0.220 e. The third-order valence-electron chi connectivity index (χ3n) is 13.7. The highest BCUT2D eigenvalue weighted by molar-refractivity contribution is 5.76. The van der Waals surface area contributed by atoms with Crippen molar-refractivity contribution in [3.63, 3.8) is 0 Å². The Kier molecular flexibility index (Phi) is 49.0. The monoisotopic (exact) mass is 1020 g/mol. The number of allylic oxidation sites excluding steroid dienone is 15. The molecule has 1 aliphatic rings. The summed E-state index contributed by atoms with van der Waals surface area (Å²) in [5.41, 5.74) is 0. The fraction of sp³-hybridized carbons (Fsp3) is 0.734. The molecule has 0 aromatic carbocycles. The number of unbranched alkanes of at least 4 members (excludes halogenated alkanes) is 26. The molecule has 9 nitrogen and oxygen atoms in total.